The highest BCUT2D eigenvalue weighted by Crippen LogP contribution is 2.39. The summed E-state index contributed by atoms with van der Waals surface area (Å²) in [5.41, 5.74) is 1.34. The van der Waals surface area contributed by atoms with Gasteiger partial charge in [-0.15, -0.1) is 0 Å². The van der Waals surface area contributed by atoms with E-state index in [0.29, 0.717) is 5.92 Å². The first kappa shape index (κ1) is 28.6. The van der Waals surface area contributed by atoms with Crippen LogP contribution in [-0.4, -0.2) is 9.97 Å². The van der Waals surface area contributed by atoms with Crippen LogP contribution in [0, 0.1) is 17.8 Å². The molecule has 2 fully saturated rings. The summed E-state index contributed by atoms with van der Waals surface area (Å²) in [7, 11) is 0. The minimum Gasteiger partial charge on any atom is -0.241 e. The standard InChI is InChI=1S/C33H58N2/c1-3-5-6-7-8-9-10-11-12-13-15-31-26-34-33(35-27-31)32-24-22-30(23-25-32)21-20-29-18-16-28(14-4-2)17-19-29/h26-30,32H,3-25H2,1-2H3/t28-,29-,30?,32?. The molecule has 0 amide bonds. The third kappa shape index (κ3) is 11.3. The molecule has 0 aliphatic heterocycles. The molecule has 0 radical (unpaired) electrons. The van der Waals surface area contributed by atoms with Gasteiger partial charge in [-0.1, -0.05) is 123 Å². The molecule has 200 valence electrons. The molecule has 1 heterocycles. The van der Waals surface area contributed by atoms with Crippen molar-refractivity contribution in [1.29, 1.82) is 0 Å². The summed E-state index contributed by atoms with van der Waals surface area (Å²) in [6.07, 6.45) is 36.7. The highest BCUT2D eigenvalue weighted by molar-refractivity contribution is 5.08. The van der Waals surface area contributed by atoms with Gasteiger partial charge in [0.05, 0.1) is 0 Å². The van der Waals surface area contributed by atoms with Crippen LogP contribution >= 0.6 is 0 Å². The zero-order valence-electron chi connectivity index (χ0n) is 23.6. The van der Waals surface area contributed by atoms with Gasteiger partial charge >= 0.3 is 0 Å². The minimum atomic E-state index is 0.613. The van der Waals surface area contributed by atoms with Crippen LogP contribution in [-0.2, 0) is 6.42 Å². The van der Waals surface area contributed by atoms with Crippen molar-refractivity contribution in [2.45, 2.75) is 167 Å². The summed E-state index contributed by atoms with van der Waals surface area (Å²) in [6.45, 7) is 4.64. The molecule has 0 bridgehead atoms. The molecule has 0 N–H and O–H groups in total. The topological polar surface area (TPSA) is 25.8 Å². The molecule has 0 atom stereocenters. The number of unbranched alkanes of at least 4 members (excludes halogenated alkanes) is 9. The zero-order valence-corrected chi connectivity index (χ0v) is 23.6. The third-order valence-corrected chi connectivity index (χ3v) is 9.40. The molecule has 0 unspecified atom stereocenters. The maximum Gasteiger partial charge on any atom is 0.131 e. The molecule has 1 aromatic heterocycles. The van der Waals surface area contributed by atoms with Gasteiger partial charge < -0.3 is 0 Å². The Morgan fingerprint density at radius 3 is 1.51 bits per heavy atom. The van der Waals surface area contributed by atoms with Gasteiger partial charge in [-0.25, -0.2) is 9.97 Å². The molecule has 0 spiro atoms. The van der Waals surface area contributed by atoms with E-state index in [9.17, 15) is 0 Å². The van der Waals surface area contributed by atoms with Crippen LogP contribution in [0.1, 0.15) is 172 Å². The van der Waals surface area contributed by atoms with Gasteiger partial charge in [-0.2, -0.15) is 0 Å². The summed E-state index contributed by atoms with van der Waals surface area (Å²) in [5.74, 6) is 4.79. The fraction of sp³-hybridized carbons (Fsp3) is 0.879. The van der Waals surface area contributed by atoms with Crippen LogP contribution in [0.5, 0.6) is 0 Å². The lowest BCUT2D eigenvalue weighted by Crippen LogP contribution is -2.18. The molecule has 35 heavy (non-hydrogen) atoms. The lowest BCUT2D eigenvalue weighted by Gasteiger charge is -2.31. The molecule has 2 saturated carbocycles. The van der Waals surface area contributed by atoms with Gasteiger partial charge in [0.15, 0.2) is 0 Å². The van der Waals surface area contributed by atoms with Crippen molar-refractivity contribution in [3.05, 3.63) is 23.8 Å². The van der Waals surface area contributed by atoms with Crippen molar-refractivity contribution in [2.75, 3.05) is 0 Å². The van der Waals surface area contributed by atoms with Crippen molar-refractivity contribution >= 4 is 0 Å². The van der Waals surface area contributed by atoms with E-state index in [1.165, 1.54) is 147 Å². The summed E-state index contributed by atoms with van der Waals surface area (Å²) >= 11 is 0. The SMILES string of the molecule is CCCCCCCCCCCCc1cnc(C2CCC(CC[C@H]3CC[C@H](CCC)CC3)CC2)nc1. The van der Waals surface area contributed by atoms with Crippen LogP contribution in [0.4, 0.5) is 0 Å². The predicted molar refractivity (Wildman–Crippen MR) is 152 cm³/mol. The van der Waals surface area contributed by atoms with Crippen molar-refractivity contribution in [2.24, 2.45) is 17.8 Å². The van der Waals surface area contributed by atoms with Gasteiger partial charge in [-0.05, 0) is 61.8 Å². The Bertz CT molecular complexity index is 623. The molecule has 2 heteroatoms. The van der Waals surface area contributed by atoms with E-state index in [1.54, 1.807) is 0 Å². The van der Waals surface area contributed by atoms with Crippen LogP contribution in [0.3, 0.4) is 0 Å². The third-order valence-electron chi connectivity index (χ3n) is 9.40. The Balaban J connectivity index is 1.22. The lowest BCUT2D eigenvalue weighted by molar-refractivity contribution is 0.223. The Morgan fingerprint density at radius 2 is 1.00 bits per heavy atom. The fourth-order valence-corrected chi connectivity index (χ4v) is 6.92. The largest absolute Gasteiger partial charge is 0.241 e. The van der Waals surface area contributed by atoms with Gasteiger partial charge in [0.25, 0.3) is 0 Å². The van der Waals surface area contributed by atoms with Crippen molar-refractivity contribution in [3.63, 3.8) is 0 Å². The summed E-state index contributed by atoms with van der Waals surface area (Å²) in [4.78, 5) is 9.64. The number of rotatable bonds is 17. The maximum atomic E-state index is 4.82. The highest BCUT2D eigenvalue weighted by Gasteiger charge is 2.26. The first-order valence-electron chi connectivity index (χ1n) is 16.1. The smallest absolute Gasteiger partial charge is 0.131 e. The van der Waals surface area contributed by atoms with E-state index >= 15 is 0 Å². The van der Waals surface area contributed by atoms with Crippen LogP contribution in [0.25, 0.3) is 0 Å². The van der Waals surface area contributed by atoms with E-state index in [2.05, 4.69) is 26.2 Å². The minimum absolute atomic E-state index is 0.613. The Morgan fingerprint density at radius 1 is 0.543 bits per heavy atom. The molecule has 0 saturated heterocycles. The summed E-state index contributed by atoms with van der Waals surface area (Å²) in [5, 5.41) is 0. The molecular formula is C33H58N2. The predicted octanol–water partition coefficient (Wildman–Crippen LogP) is 10.6. The first-order chi connectivity index (χ1) is 17.3. The average Bonchev–Trinajstić information content (AvgIpc) is 2.90. The second kappa shape index (κ2) is 17.5. The molecule has 2 aliphatic carbocycles. The number of aryl methyl sites for hydroxylation is 1. The van der Waals surface area contributed by atoms with E-state index in [-0.39, 0.29) is 0 Å². The van der Waals surface area contributed by atoms with Crippen LogP contribution in [0.15, 0.2) is 12.4 Å². The Labute approximate surface area is 218 Å². The van der Waals surface area contributed by atoms with Crippen molar-refractivity contribution < 1.29 is 0 Å². The Kier molecular flexibility index (Phi) is 14.3. The normalized spacial score (nSPS) is 25.1. The number of aromatic nitrogens is 2. The van der Waals surface area contributed by atoms with Gasteiger partial charge in [-0.3, -0.25) is 0 Å². The van der Waals surface area contributed by atoms with Crippen LogP contribution < -0.4 is 0 Å². The molecule has 3 rings (SSSR count). The van der Waals surface area contributed by atoms with E-state index < -0.39 is 0 Å². The second-order valence-corrected chi connectivity index (χ2v) is 12.4. The number of nitrogens with zero attached hydrogens (tertiary/aromatic N) is 2. The molecule has 2 nitrogen and oxygen atoms in total. The second-order valence-electron chi connectivity index (χ2n) is 12.4. The van der Waals surface area contributed by atoms with Crippen molar-refractivity contribution in [3.8, 4) is 0 Å². The van der Waals surface area contributed by atoms with Crippen LogP contribution in [0.2, 0.25) is 0 Å². The van der Waals surface area contributed by atoms with E-state index in [0.717, 1.165) is 30.0 Å². The van der Waals surface area contributed by atoms with E-state index in [1.807, 2.05) is 0 Å². The number of hydrogen-bond donors (Lipinski definition) is 0. The van der Waals surface area contributed by atoms with E-state index in [4.69, 9.17) is 9.97 Å². The monoisotopic (exact) mass is 482 g/mol. The highest BCUT2D eigenvalue weighted by atomic mass is 14.9. The zero-order chi connectivity index (χ0) is 24.6. The maximum absolute atomic E-state index is 4.82. The quantitative estimate of drug-likeness (QED) is 0.206. The molecule has 0 aromatic carbocycles. The molecule has 2 aliphatic rings. The molecule has 1 aromatic rings. The summed E-state index contributed by atoms with van der Waals surface area (Å²) < 4.78 is 0. The summed E-state index contributed by atoms with van der Waals surface area (Å²) in [6, 6.07) is 0. The average molecular weight is 483 g/mol. The van der Waals surface area contributed by atoms with Gasteiger partial charge in [0, 0.05) is 18.3 Å². The lowest BCUT2D eigenvalue weighted by atomic mass is 9.75. The Hall–Kier alpha value is -0.920. The van der Waals surface area contributed by atoms with Crippen molar-refractivity contribution in [1.82, 2.24) is 9.97 Å². The number of hydrogen-bond acceptors (Lipinski definition) is 2. The van der Waals surface area contributed by atoms with Gasteiger partial charge in [0.2, 0.25) is 0 Å². The molecular weight excluding hydrogens is 424 g/mol. The van der Waals surface area contributed by atoms with Gasteiger partial charge in [0.1, 0.15) is 5.82 Å². The first-order valence-corrected chi connectivity index (χ1v) is 16.1. The fourth-order valence-electron chi connectivity index (χ4n) is 6.92.